The van der Waals surface area contributed by atoms with Gasteiger partial charge in [-0.05, 0) is 31.5 Å². The predicted molar refractivity (Wildman–Crippen MR) is 73.8 cm³/mol. The quantitative estimate of drug-likeness (QED) is 0.816. The lowest BCUT2D eigenvalue weighted by atomic mass is 10.2. The third-order valence-corrected chi connectivity index (χ3v) is 3.48. The summed E-state index contributed by atoms with van der Waals surface area (Å²) in [6, 6.07) is 3.89. The summed E-state index contributed by atoms with van der Waals surface area (Å²) in [5.74, 6) is 2.40. The first-order valence-corrected chi connectivity index (χ1v) is 7.06. The highest BCUT2D eigenvalue weighted by Crippen LogP contribution is 2.25. The minimum atomic E-state index is 0.682. The minimum absolute atomic E-state index is 0.682. The fraction of sp³-hybridized carbons (Fsp3) is 0.538. The first-order chi connectivity index (χ1) is 8.65. The van der Waals surface area contributed by atoms with E-state index in [1.54, 1.807) is 11.3 Å². The van der Waals surface area contributed by atoms with E-state index in [9.17, 15) is 0 Å². The van der Waals surface area contributed by atoms with E-state index in [-0.39, 0.29) is 0 Å². The molecular weight excluding hydrogens is 246 g/mol. The molecule has 1 N–H and O–H groups in total. The molecule has 0 aliphatic carbocycles. The Labute approximate surface area is 111 Å². The zero-order valence-electron chi connectivity index (χ0n) is 11.1. The molecule has 0 saturated carbocycles. The van der Waals surface area contributed by atoms with Crippen molar-refractivity contribution in [1.29, 1.82) is 0 Å². The Kier molecular flexibility index (Phi) is 4.49. The molecule has 4 nitrogen and oxygen atoms in total. The van der Waals surface area contributed by atoms with Gasteiger partial charge < -0.3 is 9.73 Å². The van der Waals surface area contributed by atoms with Crippen LogP contribution in [0.2, 0.25) is 0 Å². The van der Waals surface area contributed by atoms with Crippen molar-refractivity contribution < 1.29 is 4.42 Å². The van der Waals surface area contributed by atoms with Gasteiger partial charge in [-0.3, -0.25) is 0 Å². The van der Waals surface area contributed by atoms with Crippen LogP contribution >= 0.6 is 11.3 Å². The highest BCUT2D eigenvalue weighted by atomic mass is 32.1. The molecule has 0 bridgehead atoms. The fourth-order valence-corrected chi connectivity index (χ4v) is 2.39. The summed E-state index contributed by atoms with van der Waals surface area (Å²) in [6.07, 6.45) is 0.921. The van der Waals surface area contributed by atoms with Gasteiger partial charge in [0.2, 0.25) is 0 Å². The summed E-state index contributed by atoms with van der Waals surface area (Å²) in [6.45, 7) is 8.33. The number of nitrogens with zero attached hydrogens (tertiary/aromatic N) is 2. The van der Waals surface area contributed by atoms with Crippen LogP contribution in [0.5, 0.6) is 0 Å². The topological polar surface area (TPSA) is 51.0 Å². The number of hydrogen-bond acceptors (Lipinski definition) is 5. The number of nitrogens with one attached hydrogen (secondary N) is 1. The molecule has 2 aromatic rings. The van der Waals surface area contributed by atoms with Crippen molar-refractivity contribution in [3.63, 3.8) is 0 Å². The Morgan fingerprint density at radius 3 is 2.83 bits per heavy atom. The molecule has 0 fully saturated rings. The van der Waals surface area contributed by atoms with E-state index in [0.717, 1.165) is 41.0 Å². The lowest BCUT2D eigenvalue weighted by Gasteiger charge is -2.04. The standard InChI is InChI=1S/C13H19N3OS/c1-9(2)8-14-7-6-12-15-16-13(18-12)11-5-4-10(3)17-11/h4-5,9,14H,6-8H2,1-3H3. The van der Waals surface area contributed by atoms with Crippen LogP contribution < -0.4 is 5.32 Å². The summed E-state index contributed by atoms with van der Waals surface area (Å²) >= 11 is 1.60. The molecule has 18 heavy (non-hydrogen) atoms. The molecule has 0 amide bonds. The Hall–Kier alpha value is -1.20. The summed E-state index contributed by atoms with van der Waals surface area (Å²) in [5, 5.41) is 13.7. The van der Waals surface area contributed by atoms with Crippen LogP contribution in [0.25, 0.3) is 10.8 Å². The van der Waals surface area contributed by atoms with Crippen molar-refractivity contribution in [2.45, 2.75) is 27.2 Å². The van der Waals surface area contributed by atoms with Crippen LogP contribution in [-0.4, -0.2) is 23.3 Å². The molecular formula is C13H19N3OS. The molecule has 0 saturated heterocycles. The Morgan fingerprint density at radius 2 is 2.17 bits per heavy atom. The van der Waals surface area contributed by atoms with Crippen LogP contribution in [0, 0.1) is 12.8 Å². The monoisotopic (exact) mass is 265 g/mol. The molecule has 0 aliphatic rings. The normalized spacial score (nSPS) is 11.3. The average Bonchev–Trinajstić information content (AvgIpc) is 2.93. The largest absolute Gasteiger partial charge is 0.459 e. The molecule has 2 rings (SSSR count). The first kappa shape index (κ1) is 13.2. The third kappa shape index (κ3) is 3.65. The van der Waals surface area contributed by atoms with Gasteiger partial charge in [-0.1, -0.05) is 25.2 Å². The molecule has 0 spiro atoms. The fourth-order valence-electron chi connectivity index (χ4n) is 1.59. The second-order valence-corrected chi connectivity index (χ2v) is 5.82. The van der Waals surface area contributed by atoms with E-state index in [4.69, 9.17) is 4.42 Å². The number of hydrogen-bond donors (Lipinski definition) is 1. The van der Waals surface area contributed by atoms with Crippen LogP contribution in [0.1, 0.15) is 24.6 Å². The van der Waals surface area contributed by atoms with Gasteiger partial charge in [0.25, 0.3) is 0 Å². The van der Waals surface area contributed by atoms with Gasteiger partial charge in [0.05, 0.1) is 0 Å². The Morgan fingerprint density at radius 1 is 1.33 bits per heavy atom. The van der Waals surface area contributed by atoms with Crippen LogP contribution in [0.4, 0.5) is 0 Å². The van der Waals surface area contributed by atoms with Gasteiger partial charge >= 0.3 is 0 Å². The Bertz CT molecular complexity index is 490. The number of furan rings is 1. The summed E-state index contributed by atoms with van der Waals surface area (Å²) in [7, 11) is 0. The van der Waals surface area contributed by atoms with E-state index in [1.165, 1.54) is 0 Å². The van der Waals surface area contributed by atoms with Gasteiger partial charge in [-0.15, -0.1) is 10.2 Å². The molecule has 0 aromatic carbocycles. The lowest BCUT2D eigenvalue weighted by Crippen LogP contribution is -2.22. The third-order valence-electron chi connectivity index (χ3n) is 2.49. The molecule has 0 radical (unpaired) electrons. The van der Waals surface area contributed by atoms with E-state index in [1.807, 2.05) is 19.1 Å². The molecule has 2 aromatic heterocycles. The zero-order valence-corrected chi connectivity index (χ0v) is 11.9. The maximum Gasteiger partial charge on any atom is 0.183 e. The number of rotatable bonds is 6. The van der Waals surface area contributed by atoms with E-state index < -0.39 is 0 Å². The smallest absolute Gasteiger partial charge is 0.183 e. The maximum atomic E-state index is 5.53. The second kappa shape index (κ2) is 6.11. The Balaban J connectivity index is 1.86. The van der Waals surface area contributed by atoms with Crippen molar-refractivity contribution >= 4 is 11.3 Å². The van der Waals surface area contributed by atoms with Gasteiger partial charge in [0.1, 0.15) is 10.8 Å². The first-order valence-electron chi connectivity index (χ1n) is 6.25. The zero-order chi connectivity index (χ0) is 13.0. The van der Waals surface area contributed by atoms with Crippen LogP contribution in [-0.2, 0) is 6.42 Å². The van der Waals surface area contributed by atoms with E-state index in [0.29, 0.717) is 5.92 Å². The molecule has 5 heteroatoms. The van der Waals surface area contributed by atoms with Crippen molar-refractivity contribution in [3.05, 3.63) is 22.9 Å². The summed E-state index contributed by atoms with van der Waals surface area (Å²) in [5.41, 5.74) is 0. The van der Waals surface area contributed by atoms with Gasteiger partial charge in [0.15, 0.2) is 10.8 Å². The molecule has 0 aliphatic heterocycles. The maximum absolute atomic E-state index is 5.53. The van der Waals surface area contributed by atoms with Gasteiger partial charge in [0, 0.05) is 13.0 Å². The van der Waals surface area contributed by atoms with E-state index >= 15 is 0 Å². The van der Waals surface area contributed by atoms with Crippen molar-refractivity contribution in [3.8, 4) is 10.8 Å². The molecule has 0 unspecified atom stereocenters. The van der Waals surface area contributed by atoms with Crippen LogP contribution in [0.15, 0.2) is 16.5 Å². The van der Waals surface area contributed by atoms with Gasteiger partial charge in [-0.25, -0.2) is 0 Å². The molecule has 2 heterocycles. The summed E-state index contributed by atoms with van der Waals surface area (Å²) in [4.78, 5) is 0. The summed E-state index contributed by atoms with van der Waals surface area (Å²) < 4.78 is 5.53. The average molecular weight is 265 g/mol. The van der Waals surface area contributed by atoms with Crippen LogP contribution in [0.3, 0.4) is 0 Å². The van der Waals surface area contributed by atoms with Crippen molar-refractivity contribution in [2.75, 3.05) is 13.1 Å². The highest BCUT2D eigenvalue weighted by Gasteiger charge is 2.09. The SMILES string of the molecule is Cc1ccc(-c2nnc(CCNCC(C)C)s2)o1. The number of aryl methyl sites for hydroxylation is 1. The van der Waals surface area contributed by atoms with Crippen molar-refractivity contribution in [1.82, 2.24) is 15.5 Å². The highest BCUT2D eigenvalue weighted by molar-refractivity contribution is 7.14. The second-order valence-electron chi connectivity index (χ2n) is 4.76. The number of aromatic nitrogens is 2. The molecule has 0 atom stereocenters. The molecule has 98 valence electrons. The lowest BCUT2D eigenvalue weighted by molar-refractivity contribution is 0.547. The minimum Gasteiger partial charge on any atom is -0.459 e. The predicted octanol–water partition coefficient (Wildman–Crippen LogP) is 2.89. The van der Waals surface area contributed by atoms with Gasteiger partial charge in [-0.2, -0.15) is 0 Å². The van der Waals surface area contributed by atoms with E-state index in [2.05, 4.69) is 29.4 Å². The van der Waals surface area contributed by atoms with Crippen molar-refractivity contribution in [2.24, 2.45) is 5.92 Å².